The second-order valence-electron chi connectivity index (χ2n) is 3.90. The maximum atomic E-state index is 13.1. The van der Waals surface area contributed by atoms with E-state index in [1.165, 1.54) is 12.1 Å². The molecule has 0 aliphatic carbocycles. The Morgan fingerprint density at radius 1 is 1.22 bits per heavy atom. The molecule has 1 rings (SSSR count). The molecular formula is C14H14ClFNNaO4S. The van der Waals surface area contributed by atoms with E-state index in [9.17, 15) is 14.0 Å². The Labute approximate surface area is 166 Å². The largest absolute Gasteiger partial charge is 1.00 e. The normalized spacial score (nSPS) is 9.39. The molecule has 0 unspecified atom stereocenters. The first-order chi connectivity index (χ1) is 10.4. The van der Waals surface area contributed by atoms with Gasteiger partial charge in [0.2, 0.25) is 0 Å². The topological polar surface area (TPSA) is 64.6 Å². The van der Waals surface area contributed by atoms with Gasteiger partial charge in [0.05, 0.1) is 18.2 Å². The molecule has 1 aromatic carbocycles. The van der Waals surface area contributed by atoms with Gasteiger partial charge < -0.3 is 27.4 Å². The first-order valence-electron chi connectivity index (χ1n) is 6.38. The summed E-state index contributed by atoms with van der Waals surface area (Å²) in [6, 6.07) is 3.76. The minimum absolute atomic E-state index is 0. The Morgan fingerprint density at radius 3 is 2.17 bits per heavy atom. The van der Waals surface area contributed by atoms with Gasteiger partial charge in [-0.3, -0.25) is 0 Å². The molecule has 0 aliphatic heterocycles. The fraction of sp³-hybridized carbons (Fsp3) is 0.286. The molecule has 0 saturated carbocycles. The van der Waals surface area contributed by atoms with E-state index in [1.807, 2.05) is 0 Å². The number of nitrogens with one attached hydrogen (secondary N) is 1. The number of anilines is 1. The summed E-state index contributed by atoms with van der Waals surface area (Å²) in [6.07, 6.45) is 0. The van der Waals surface area contributed by atoms with Crippen molar-refractivity contribution in [3.8, 4) is 0 Å². The summed E-state index contributed by atoms with van der Waals surface area (Å²) >= 11 is 10.7. The predicted octanol–water partition coefficient (Wildman–Crippen LogP) is -0.220. The van der Waals surface area contributed by atoms with Gasteiger partial charge in [-0.1, -0.05) is 16.6 Å². The summed E-state index contributed by atoms with van der Waals surface area (Å²) in [5.41, 5.74) is -0.110. The monoisotopic (exact) mass is 369 g/mol. The number of ether oxygens (including phenoxy) is 2. The number of hydrogen-bond donors (Lipinski definition) is 1. The minimum atomic E-state index is -0.897. The van der Waals surface area contributed by atoms with Gasteiger partial charge in [-0.25, -0.2) is 14.0 Å². The molecule has 5 nitrogen and oxygen atoms in total. The average molecular weight is 370 g/mol. The molecule has 23 heavy (non-hydrogen) atoms. The number of esters is 2. The van der Waals surface area contributed by atoms with Crippen LogP contribution in [-0.2, 0) is 31.7 Å². The van der Waals surface area contributed by atoms with Crippen molar-refractivity contribution < 1.29 is 53.0 Å². The van der Waals surface area contributed by atoms with Gasteiger partial charge in [0.1, 0.15) is 11.4 Å². The molecule has 0 saturated heterocycles. The van der Waals surface area contributed by atoms with Crippen LogP contribution in [0.15, 0.2) is 28.8 Å². The number of rotatable bonds is 6. The van der Waals surface area contributed by atoms with Gasteiger partial charge in [0.15, 0.2) is 0 Å². The molecule has 9 heteroatoms. The van der Waals surface area contributed by atoms with E-state index in [1.54, 1.807) is 13.8 Å². The smallest absolute Gasteiger partial charge is 0.761 e. The van der Waals surface area contributed by atoms with E-state index >= 15 is 0 Å². The van der Waals surface area contributed by atoms with Crippen LogP contribution in [0.1, 0.15) is 13.8 Å². The summed E-state index contributed by atoms with van der Waals surface area (Å²) in [5, 5.41) is 2.31. The Kier molecular flexibility index (Phi) is 10.4. The SMILES string of the molecule is CCOC(=O)C(C(=O)OCC)=C([S-])Nc1ccc(F)c(Cl)c1.[Na+]. The van der Waals surface area contributed by atoms with Crippen LogP contribution < -0.4 is 34.9 Å². The van der Waals surface area contributed by atoms with E-state index in [4.69, 9.17) is 33.7 Å². The summed E-state index contributed by atoms with van der Waals surface area (Å²) in [4.78, 5) is 23.7. The molecule has 0 fully saturated rings. The molecule has 0 spiro atoms. The van der Waals surface area contributed by atoms with E-state index < -0.39 is 23.3 Å². The molecule has 0 amide bonds. The van der Waals surface area contributed by atoms with Crippen LogP contribution in [0.25, 0.3) is 0 Å². The minimum Gasteiger partial charge on any atom is -0.761 e. The third-order valence-corrected chi connectivity index (χ3v) is 2.96. The van der Waals surface area contributed by atoms with Gasteiger partial charge >= 0.3 is 41.5 Å². The molecule has 0 aliphatic rings. The Bertz CT molecular complexity index is 592. The molecule has 120 valence electrons. The number of carbonyl (C=O) groups excluding carboxylic acids is 2. The van der Waals surface area contributed by atoms with Gasteiger partial charge in [0.25, 0.3) is 0 Å². The van der Waals surface area contributed by atoms with Crippen LogP contribution in [0.2, 0.25) is 5.02 Å². The Morgan fingerprint density at radius 2 is 1.74 bits per heavy atom. The number of carbonyl (C=O) groups is 2. The van der Waals surface area contributed by atoms with Crippen molar-refractivity contribution in [2.45, 2.75) is 13.8 Å². The zero-order valence-electron chi connectivity index (χ0n) is 12.9. The maximum Gasteiger partial charge on any atom is 1.00 e. The van der Waals surface area contributed by atoms with E-state index in [0.717, 1.165) is 6.07 Å². The number of benzene rings is 1. The zero-order chi connectivity index (χ0) is 16.7. The summed E-state index contributed by atoms with van der Waals surface area (Å²) in [7, 11) is 0. The third kappa shape index (κ3) is 6.64. The summed E-state index contributed by atoms with van der Waals surface area (Å²) in [6.45, 7) is 3.34. The van der Waals surface area contributed by atoms with Gasteiger partial charge in [-0.15, -0.1) is 0 Å². The molecule has 0 aromatic heterocycles. The maximum absolute atomic E-state index is 13.1. The number of halogens is 2. The van der Waals surface area contributed by atoms with Crippen LogP contribution in [0, 0.1) is 5.82 Å². The molecule has 0 bridgehead atoms. The molecule has 1 aromatic rings. The van der Waals surface area contributed by atoms with Gasteiger partial charge in [-0.2, -0.15) is 0 Å². The quantitative estimate of drug-likeness (QED) is 0.187. The summed E-state index contributed by atoms with van der Waals surface area (Å²) < 4.78 is 22.7. The van der Waals surface area contributed by atoms with Crippen LogP contribution in [0.3, 0.4) is 0 Å². The van der Waals surface area contributed by atoms with Crippen molar-refractivity contribution in [1.82, 2.24) is 0 Å². The fourth-order valence-electron chi connectivity index (χ4n) is 1.44. The summed E-state index contributed by atoms with van der Waals surface area (Å²) in [5.74, 6) is -2.39. The zero-order valence-corrected chi connectivity index (χ0v) is 16.5. The van der Waals surface area contributed by atoms with Gasteiger partial charge in [-0.05, 0) is 32.0 Å². The molecule has 0 atom stereocenters. The third-order valence-electron chi connectivity index (χ3n) is 2.36. The van der Waals surface area contributed by atoms with E-state index in [0.29, 0.717) is 5.69 Å². The van der Waals surface area contributed by atoms with Crippen molar-refractivity contribution in [3.63, 3.8) is 0 Å². The van der Waals surface area contributed by atoms with E-state index in [2.05, 4.69) is 5.32 Å². The standard InChI is InChI=1S/C14H15ClFNO4S.Na/c1-3-20-13(18)11(14(19)21-4-2)12(22)17-8-5-6-10(16)9(15)7-8;/h5-7,17,22H,3-4H2,1-2H3;/q;+1/p-1. The van der Waals surface area contributed by atoms with Gasteiger partial charge in [0, 0.05) is 5.69 Å². The fourth-order valence-corrected chi connectivity index (χ4v) is 1.91. The van der Waals surface area contributed by atoms with Crippen LogP contribution in [0.5, 0.6) is 0 Å². The second-order valence-corrected chi connectivity index (χ2v) is 4.71. The van der Waals surface area contributed by atoms with E-state index in [-0.39, 0.29) is 52.8 Å². The number of hydrogen-bond acceptors (Lipinski definition) is 6. The van der Waals surface area contributed by atoms with Crippen molar-refractivity contribution in [2.75, 3.05) is 18.5 Å². The Balaban J connectivity index is 0.00000484. The first kappa shape index (κ1) is 22.1. The van der Waals surface area contributed by atoms with Crippen LogP contribution >= 0.6 is 11.6 Å². The molecule has 0 radical (unpaired) electrons. The van der Waals surface area contributed by atoms with Crippen LogP contribution in [-0.4, -0.2) is 25.2 Å². The second kappa shape index (κ2) is 10.8. The molecule has 1 N–H and O–H groups in total. The predicted molar refractivity (Wildman–Crippen MR) is 82.7 cm³/mol. The van der Waals surface area contributed by atoms with Crippen molar-refractivity contribution in [1.29, 1.82) is 0 Å². The van der Waals surface area contributed by atoms with Crippen molar-refractivity contribution in [3.05, 3.63) is 39.6 Å². The first-order valence-corrected chi connectivity index (χ1v) is 7.16. The molecule has 0 heterocycles. The average Bonchev–Trinajstić information content (AvgIpc) is 2.43. The van der Waals surface area contributed by atoms with Crippen molar-refractivity contribution in [2.24, 2.45) is 0 Å². The van der Waals surface area contributed by atoms with Crippen molar-refractivity contribution >= 4 is 41.9 Å². The van der Waals surface area contributed by atoms with Crippen LogP contribution in [0.4, 0.5) is 10.1 Å². The molecular weight excluding hydrogens is 356 g/mol. The Hall–Kier alpha value is -0.860.